The molecule has 0 aliphatic carbocycles. The minimum absolute atomic E-state index is 0.0175. The highest BCUT2D eigenvalue weighted by Gasteiger charge is 2.13. The second-order valence-corrected chi connectivity index (χ2v) is 8.89. The van der Waals surface area contributed by atoms with Crippen LogP contribution in [0.4, 0.5) is 5.69 Å². The van der Waals surface area contributed by atoms with Crippen molar-refractivity contribution < 1.29 is 8.42 Å². The number of nitrogens with zero attached hydrogens (tertiary/aromatic N) is 3. The van der Waals surface area contributed by atoms with Crippen LogP contribution in [0.1, 0.15) is 16.7 Å². The predicted octanol–water partition coefficient (Wildman–Crippen LogP) is 3.94. The van der Waals surface area contributed by atoms with E-state index >= 15 is 0 Å². The molecule has 7 heteroatoms. The largest absolute Gasteiger partial charge is 0.280 e. The van der Waals surface area contributed by atoms with E-state index in [0.717, 1.165) is 21.9 Å². The minimum atomic E-state index is -3.52. The van der Waals surface area contributed by atoms with Crippen molar-refractivity contribution in [2.75, 3.05) is 10.5 Å². The summed E-state index contributed by atoms with van der Waals surface area (Å²) >= 11 is 0. The summed E-state index contributed by atoms with van der Waals surface area (Å²) in [5, 5.41) is 15.4. The van der Waals surface area contributed by atoms with Gasteiger partial charge in [0.2, 0.25) is 10.0 Å². The molecule has 6 nitrogen and oxygen atoms in total. The van der Waals surface area contributed by atoms with Crippen LogP contribution in [0.5, 0.6) is 0 Å². The number of rotatable bonds is 7. The summed E-state index contributed by atoms with van der Waals surface area (Å²) in [5.41, 5.74) is 2.92. The van der Waals surface area contributed by atoms with E-state index in [9.17, 15) is 8.42 Å². The van der Waals surface area contributed by atoms with Crippen molar-refractivity contribution >= 4 is 26.5 Å². The first-order chi connectivity index (χ1) is 14.5. The number of aromatic nitrogens is 2. The summed E-state index contributed by atoms with van der Waals surface area (Å²) in [6, 6.07) is 23.2. The fraction of sp³-hybridized carbons (Fsp3) is 0.130. The Hall–Kier alpha value is -3.63. The van der Waals surface area contributed by atoms with E-state index in [1.807, 2.05) is 54.6 Å². The van der Waals surface area contributed by atoms with Crippen molar-refractivity contribution in [3.8, 4) is 6.07 Å². The molecule has 1 heterocycles. The third-order valence-electron chi connectivity index (χ3n) is 4.83. The Balaban J connectivity index is 1.42. The second-order valence-electron chi connectivity index (χ2n) is 7.05. The second kappa shape index (κ2) is 8.39. The molecule has 1 N–H and O–H groups in total. The van der Waals surface area contributed by atoms with Gasteiger partial charge in [-0.1, -0.05) is 54.6 Å². The van der Waals surface area contributed by atoms with E-state index in [1.54, 1.807) is 23.0 Å². The molecule has 1 aromatic heterocycles. The average Bonchev–Trinajstić information content (AvgIpc) is 3.18. The quantitative estimate of drug-likeness (QED) is 0.494. The molecule has 0 spiro atoms. The molecule has 3 aromatic carbocycles. The highest BCUT2D eigenvalue weighted by molar-refractivity contribution is 7.92. The van der Waals surface area contributed by atoms with Crippen LogP contribution in [-0.4, -0.2) is 24.0 Å². The lowest BCUT2D eigenvalue weighted by Crippen LogP contribution is -2.18. The first-order valence-corrected chi connectivity index (χ1v) is 11.2. The van der Waals surface area contributed by atoms with Crippen molar-refractivity contribution in [3.63, 3.8) is 0 Å². The van der Waals surface area contributed by atoms with Gasteiger partial charge in [0.1, 0.15) is 0 Å². The summed E-state index contributed by atoms with van der Waals surface area (Å²) in [5.74, 6) is -0.0175. The number of nitriles is 1. The number of sulfonamides is 1. The number of benzene rings is 3. The Morgan fingerprint density at radius 3 is 2.70 bits per heavy atom. The molecule has 30 heavy (non-hydrogen) atoms. The average molecular weight is 417 g/mol. The number of hydrogen-bond acceptors (Lipinski definition) is 4. The first kappa shape index (κ1) is 19.7. The van der Waals surface area contributed by atoms with Gasteiger partial charge >= 0.3 is 0 Å². The lowest BCUT2D eigenvalue weighted by Gasteiger charge is -2.08. The van der Waals surface area contributed by atoms with Gasteiger partial charge in [-0.2, -0.15) is 10.4 Å². The van der Waals surface area contributed by atoms with Gasteiger partial charge in [0.05, 0.1) is 35.8 Å². The molecule has 0 radical (unpaired) electrons. The zero-order valence-electron chi connectivity index (χ0n) is 16.2. The van der Waals surface area contributed by atoms with Crippen LogP contribution >= 0.6 is 0 Å². The molecular weight excluding hydrogens is 396 g/mol. The molecular formula is C23H20N4O2S. The third kappa shape index (κ3) is 4.67. The number of fused-ring (bicyclic) bond motifs is 1. The van der Waals surface area contributed by atoms with Gasteiger partial charge in [-0.05, 0) is 40.5 Å². The molecule has 0 fully saturated rings. The predicted molar refractivity (Wildman–Crippen MR) is 118 cm³/mol. The fourth-order valence-corrected chi connectivity index (χ4v) is 4.47. The maximum absolute atomic E-state index is 12.6. The van der Waals surface area contributed by atoms with E-state index in [2.05, 4.69) is 15.9 Å². The minimum Gasteiger partial charge on any atom is -0.280 e. The van der Waals surface area contributed by atoms with E-state index in [0.29, 0.717) is 24.2 Å². The SMILES string of the molecule is N#Cc1cccc(Cn2cc(NS(=O)(=O)CCc3cccc4ccccc34)cn2)c1. The highest BCUT2D eigenvalue weighted by atomic mass is 32.2. The van der Waals surface area contributed by atoms with E-state index < -0.39 is 10.0 Å². The molecule has 0 saturated heterocycles. The zero-order chi connectivity index (χ0) is 21.0. The summed E-state index contributed by atoms with van der Waals surface area (Å²) in [4.78, 5) is 0. The van der Waals surface area contributed by atoms with E-state index in [1.165, 1.54) is 6.20 Å². The number of anilines is 1. The molecule has 4 aromatic rings. The number of hydrogen-bond donors (Lipinski definition) is 1. The Kier molecular flexibility index (Phi) is 5.50. The maximum atomic E-state index is 12.6. The van der Waals surface area contributed by atoms with Crippen LogP contribution in [-0.2, 0) is 23.0 Å². The summed E-state index contributed by atoms with van der Waals surface area (Å²) in [6.07, 6.45) is 3.56. The summed E-state index contributed by atoms with van der Waals surface area (Å²) in [6.45, 7) is 0.452. The van der Waals surface area contributed by atoms with Crippen molar-refractivity contribution in [2.45, 2.75) is 13.0 Å². The fourth-order valence-electron chi connectivity index (χ4n) is 3.41. The summed E-state index contributed by atoms with van der Waals surface area (Å²) in [7, 11) is -3.52. The molecule has 0 bridgehead atoms. The van der Waals surface area contributed by atoms with Crippen molar-refractivity contribution in [2.24, 2.45) is 0 Å². The lowest BCUT2D eigenvalue weighted by molar-refractivity contribution is 0.600. The van der Waals surface area contributed by atoms with Crippen LogP contribution < -0.4 is 4.72 Å². The van der Waals surface area contributed by atoms with Gasteiger partial charge < -0.3 is 0 Å². The molecule has 0 saturated carbocycles. The maximum Gasteiger partial charge on any atom is 0.233 e. The first-order valence-electron chi connectivity index (χ1n) is 9.51. The van der Waals surface area contributed by atoms with Gasteiger partial charge in [0.25, 0.3) is 0 Å². The Morgan fingerprint density at radius 2 is 1.83 bits per heavy atom. The van der Waals surface area contributed by atoms with Crippen LogP contribution in [0, 0.1) is 11.3 Å². The number of aryl methyl sites for hydroxylation is 1. The Labute approximate surface area is 175 Å². The Bertz CT molecular complexity index is 1330. The molecule has 0 aliphatic heterocycles. The molecule has 0 atom stereocenters. The highest BCUT2D eigenvalue weighted by Crippen LogP contribution is 2.20. The topological polar surface area (TPSA) is 87.8 Å². The van der Waals surface area contributed by atoms with Crippen LogP contribution in [0.15, 0.2) is 79.1 Å². The molecule has 0 unspecified atom stereocenters. The van der Waals surface area contributed by atoms with Gasteiger partial charge in [0.15, 0.2) is 0 Å². The van der Waals surface area contributed by atoms with Crippen LogP contribution in [0.3, 0.4) is 0 Å². The Morgan fingerprint density at radius 1 is 1.03 bits per heavy atom. The number of nitrogens with one attached hydrogen (secondary N) is 1. The van der Waals surface area contributed by atoms with Crippen LogP contribution in [0.25, 0.3) is 10.8 Å². The van der Waals surface area contributed by atoms with Crippen molar-refractivity contribution in [1.29, 1.82) is 5.26 Å². The molecule has 150 valence electrons. The molecule has 4 rings (SSSR count). The van der Waals surface area contributed by atoms with Gasteiger partial charge in [-0.15, -0.1) is 0 Å². The smallest absolute Gasteiger partial charge is 0.233 e. The molecule has 0 amide bonds. The standard InChI is InChI=1S/C23H20N4O2S/c24-14-18-5-3-6-19(13-18)16-27-17-22(15-25-27)26-30(28,29)12-11-21-9-4-8-20-7-1-2-10-23(20)21/h1-10,13,15,17,26H,11-12,16H2. The van der Waals surface area contributed by atoms with Gasteiger partial charge in [0, 0.05) is 6.20 Å². The van der Waals surface area contributed by atoms with Gasteiger partial charge in [-0.3, -0.25) is 9.40 Å². The molecule has 0 aliphatic rings. The zero-order valence-corrected chi connectivity index (χ0v) is 17.0. The van der Waals surface area contributed by atoms with E-state index in [4.69, 9.17) is 5.26 Å². The lowest BCUT2D eigenvalue weighted by atomic mass is 10.0. The van der Waals surface area contributed by atoms with Crippen molar-refractivity contribution in [1.82, 2.24) is 9.78 Å². The monoisotopic (exact) mass is 416 g/mol. The third-order valence-corrected chi connectivity index (χ3v) is 6.12. The van der Waals surface area contributed by atoms with Gasteiger partial charge in [-0.25, -0.2) is 8.42 Å². The van der Waals surface area contributed by atoms with Crippen molar-refractivity contribution in [3.05, 3.63) is 95.8 Å². The van der Waals surface area contributed by atoms with E-state index in [-0.39, 0.29) is 5.75 Å². The van der Waals surface area contributed by atoms with Crippen LogP contribution in [0.2, 0.25) is 0 Å². The summed E-state index contributed by atoms with van der Waals surface area (Å²) < 4.78 is 29.4. The normalized spacial score (nSPS) is 11.3.